The largest absolute Gasteiger partial charge is 0.503 e. The normalized spacial score (nSPS) is 11.9. The molecule has 8 heteroatoms. The van der Waals surface area contributed by atoms with Crippen molar-refractivity contribution in [2.45, 2.75) is 6.54 Å². The Morgan fingerprint density at radius 3 is 2.62 bits per heavy atom. The van der Waals surface area contributed by atoms with Gasteiger partial charge in [-0.3, -0.25) is 4.99 Å². The van der Waals surface area contributed by atoms with E-state index in [4.69, 9.17) is 9.73 Å². The van der Waals surface area contributed by atoms with Gasteiger partial charge in [-0.1, -0.05) is 42.5 Å². The first-order valence-corrected chi connectivity index (χ1v) is 11.3. The van der Waals surface area contributed by atoms with E-state index in [0.29, 0.717) is 38.4 Å². The van der Waals surface area contributed by atoms with Crippen molar-refractivity contribution < 1.29 is 14.2 Å². The van der Waals surface area contributed by atoms with Gasteiger partial charge in [0.15, 0.2) is 11.5 Å². The fourth-order valence-electron chi connectivity index (χ4n) is 3.06. The maximum Gasteiger partial charge on any atom is 0.206 e. The number of halogens is 2. The highest BCUT2D eigenvalue weighted by atomic mass is 79.9. The lowest BCUT2D eigenvalue weighted by molar-refractivity contribution is 0.372. The molecule has 4 aromatic rings. The van der Waals surface area contributed by atoms with Crippen LogP contribution in [0.3, 0.4) is 0 Å². The van der Waals surface area contributed by atoms with Gasteiger partial charge < -0.3 is 9.84 Å². The molecule has 0 saturated carbocycles. The monoisotopic (exact) mass is 511 g/mol. The number of hydrogen-bond acceptors (Lipinski definition) is 5. The molecule has 0 aliphatic carbocycles. The Labute approximate surface area is 196 Å². The van der Waals surface area contributed by atoms with Crippen molar-refractivity contribution >= 4 is 33.5 Å². The molecular formula is C24H19BrFN3O2S. The van der Waals surface area contributed by atoms with Gasteiger partial charge in [-0.15, -0.1) is 11.3 Å². The minimum atomic E-state index is -0.335. The molecule has 0 radical (unpaired) electrons. The highest BCUT2D eigenvalue weighted by Gasteiger charge is 2.12. The predicted molar refractivity (Wildman–Crippen MR) is 129 cm³/mol. The molecule has 0 aliphatic rings. The van der Waals surface area contributed by atoms with Crippen LogP contribution in [0, 0.1) is 5.82 Å². The second kappa shape index (κ2) is 9.93. The molecule has 0 aliphatic heterocycles. The Balaban J connectivity index is 1.80. The van der Waals surface area contributed by atoms with E-state index in [1.807, 2.05) is 35.7 Å². The first-order valence-electron chi connectivity index (χ1n) is 9.67. The molecule has 0 unspecified atom stereocenters. The summed E-state index contributed by atoms with van der Waals surface area (Å²) >= 11 is 4.71. The van der Waals surface area contributed by atoms with Crippen LogP contribution in [0.1, 0.15) is 11.1 Å². The molecule has 162 valence electrons. The van der Waals surface area contributed by atoms with E-state index in [9.17, 15) is 9.50 Å². The molecule has 0 amide bonds. The first-order chi connectivity index (χ1) is 15.6. The molecule has 0 saturated heterocycles. The molecule has 3 aromatic carbocycles. The highest BCUT2D eigenvalue weighted by molar-refractivity contribution is 9.10. The Hall–Kier alpha value is -3.23. The van der Waals surface area contributed by atoms with Gasteiger partial charge >= 0.3 is 0 Å². The predicted octanol–water partition coefficient (Wildman–Crippen LogP) is 5.82. The summed E-state index contributed by atoms with van der Waals surface area (Å²) in [5.41, 5.74) is 2.79. The molecule has 1 heterocycles. The Morgan fingerprint density at radius 2 is 1.88 bits per heavy atom. The topological polar surface area (TPSA) is 59.1 Å². The lowest BCUT2D eigenvalue weighted by Gasteiger charge is -2.07. The number of rotatable bonds is 6. The summed E-state index contributed by atoms with van der Waals surface area (Å²) in [4.78, 5) is 5.33. The highest BCUT2D eigenvalue weighted by Crippen LogP contribution is 2.34. The van der Waals surface area contributed by atoms with Gasteiger partial charge in [0.25, 0.3) is 0 Å². The number of hydrogen-bond donors (Lipinski definition) is 1. The third-order valence-corrected chi connectivity index (χ3v) is 6.13. The number of benzene rings is 3. The summed E-state index contributed by atoms with van der Waals surface area (Å²) in [7, 11) is 1.48. The number of ether oxygens (including phenoxy) is 1. The van der Waals surface area contributed by atoms with Gasteiger partial charge in [0.1, 0.15) is 5.82 Å². The molecule has 1 N–H and O–H groups in total. The number of aromatic hydroxyl groups is 1. The molecule has 0 spiro atoms. The van der Waals surface area contributed by atoms with Crippen LogP contribution >= 0.6 is 27.3 Å². The molecular weight excluding hydrogens is 493 g/mol. The van der Waals surface area contributed by atoms with Crippen molar-refractivity contribution in [2.24, 2.45) is 10.1 Å². The first kappa shape index (κ1) is 22.0. The Kier molecular flexibility index (Phi) is 6.82. The number of aromatic nitrogens is 1. The molecule has 4 rings (SSSR count). The van der Waals surface area contributed by atoms with Crippen molar-refractivity contribution in [3.05, 3.63) is 98.3 Å². The van der Waals surface area contributed by atoms with Crippen molar-refractivity contribution in [3.8, 4) is 22.8 Å². The van der Waals surface area contributed by atoms with E-state index in [1.54, 1.807) is 41.2 Å². The second-order valence-corrected chi connectivity index (χ2v) is 8.49. The summed E-state index contributed by atoms with van der Waals surface area (Å²) in [5.74, 6) is -0.00389. The van der Waals surface area contributed by atoms with Crippen LogP contribution in [0.25, 0.3) is 11.3 Å². The number of phenols is 1. The van der Waals surface area contributed by atoms with Crippen molar-refractivity contribution in [1.82, 2.24) is 4.68 Å². The number of phenolic OH excluding ortho intramolecular Hbond substituents is 1. The standard InChI is InChI=1S/C24H19BrFN3O2S/c1-31-22-12-17(11-19(25)23(22)30)14-28-29-21(18-9-5-6-10-20(18)26)15-32-24(29)27-13-16-7-3-2-4-8-16/h2-12,14-15,30H,13H2,1H3. The zero-order valence-electron chi connectivity index (χ0n) is 17.1. The Morgan fingerprint density at radius 1 is 1.12 bits per heavy atom. The molecule has 0 fully saturated rings. The van der Waals surface area contributed by atoms with Crippen LogP contribution < -0.4 is 9.54 Å². The van der Waals surface area contributed by atoms with Gasteiger partial charge in [-0.2, -0.15) is 5.10 Å². The number of nitrogens with zero attached hydrogens (tertiary/aromatic N) is 3. The van der Waals surface area contributed by atoms with Crippen LogP contribution in [0.5, 0.6) is 11.5 Å². The van der Waals surface area contributed by atoms with E-state index in [-0.39, 0.29) is 11.6 Å². The minimum Gasteiger partial charge on any atom is -0.503 e. The minimum absolute atomic E-state index is 0.0124. The van der Waals surface area contributed by atoms with Gasteiger partial charge in [0.2, 0.25) is 4.80 Å². The average molecular weight is 512 g/mol. The fraction of sp³-hybridized carbons (Fsp3) is 0.0833. The van der Waals surface area contributed by atoms with Crippen LogP contribution in [-0.2, 0) is 6.54 Å². The maximum atomic E-state index is 14.5. The lowest BCUT2D eigenvalue weighted by atomic mass is 10.1. The van der Waals surface area contributed by atoms with E-state index in [0.717, 1.165) is 5.56 Å². The molecule has 5 nitrogen and oxygen atoms in total. The van der Waals surface area contributed by atoms with Gasteiger partial charge in [0.05, 0.1) is 30.0 Å². The van der Waals surface area contributed by atoms with Gasteiger partial charge in [0, 0.05) is 10.9 Å². The summed E-state index contributed by atoms with van der Waals surface area (Å²) in [6, 6.07) is 19.8. The molecule has 1 aromatic heterocycles. The van der Waals surface area contributed by atoms with Gasteiger partial charge in [-0.05, 0) is 51.3 Å². The van der Waals surface area contributed by atoms with E-state index < -0.39 is 0 Å². The number of thiazole rings is 1. The third kappa shape index (κ3) is 4.81. The van der Waals surface area contributed by atoms with Crippen molar-refractivity contribution in [2.75, 3.05) is 7.11 Å². The molecule has 32 heavy (non-hydrogen) atoms. The smallest absolute Gasteiger partial charge is 0.206 e. The average Bonchev–Trinajstić information content (AvgIpc) is 3.21. The van der Waals surface area contributed by atoms with E-state index in [1.165, 1.54) is 24.5 Å². The number of methoxy groups -OCH3 is 1. The maximum absolute atomic E-state index is 14.5. The van der Waals surface area contributed by atoms with Crippen molar-refractivity contribution in [3.63, 3.8) is 0 Å². The van der Waals surface area contributed by atoms with E-state index in [2.05, 4.69) is 21.0 Å². The summed E-state index contributed by atoms with van der Waals surface area (Å²) in [6.07, 6.45) is 1.62. The quantitative estimate of drug-likeness (QED) is 0.331. The molecule has 0 atom stereocenters. The molecule has 0 bridgehead atoms. The van der Waals surface area contributed by atoms with Gasteiger partial charge in [-0.25, -0.2) is 9.07 Å². The lowest BCUT2D eigenvalue weighted by Crippen LogP contribution is -2.12. The summed E-state index contributed by atoms with van der Waals surface area (Å²) in [6.45, 7) is 0.478. The van der Waals surface area contributed by atoms with Crippen LogP contribution in [0.4, 0.5) is 4.39 Å². The van der Waals surface area contributed by atoms with Crippen LogP contribution in [-0.4, -0.2) is 23.1 Å². The fourth-order valence-corrected chi connectivity index (χ4v) is 4.35. The van der Waals surface area contributed by atoms with Crippen LogP contribution in [0.2, 0.25) is 0 Å². The second-order valence-electron chi connectivity index (χ2n) is 6.80. The van der Waals surface area contributed by atoms with Crippen LogP contribution in [0.15, 0.2) is 86.7 Å². The zero-order chi connectivity index (χ0) is 22.5. The SMILES string of the molecule is COc1cc(C=Nn2c(-c3ccccc3F)csc2=NCc2ccccc2)cc(Br)c1O. The third-order valence-electron chi connectivity index (χ3n) is 4.67. The van der Waals surface area contributed by atoms with E-state index >= 15 is 0 Å². The van der Waals surface area contributed by atoms with Crippen molar-refractivity contribution in [1.29, 1.82) is 0 Å². The zero-order valence-corrected chi connectivity index (χ0v) is 19.5. The summed E-state index contributed by atoms with van der Waals surface area (Å²) in [5, 5.41) is 16.5. The summed E-state index contributed by atoms with van der Waals surface area (Å²) < 4.78 is 21.8. The Bertz CT molecular complexity index is 1330.